The Morgan fingerprint density at radius 1 is 0.949 bits per heavy atom. The molecule has 0 saturated carbocycles. The first-order valence-electron chi connectivity index (χ1n) is 12.1. The zero-order valence-electron chi connectivity index (χ0n) is 22.0. The van der Waals surface area contributed by atoms with E-state index in [9.17, 15) is 18.0 Å². The number of sulfonamides is 1. The van der Waals surface area contributed by atoms with Crippen LogP contribution in [-0.2, 0) is 26.2 Å². The van der Waals surface area contributed by atoms with E-state index >= 15 is 0 Å². The lowest BCUT2D eigenvalue weighted by atomic mass is 10.1. The second-order valence-corrected chi connectivity index (χ2v) is 13.7. The Bertz CT molecular complexity index is 1440. The molecule has 2 amide bonds. The van der Waals surface area contributed by atoms with Crippen molar-refractivity contribution in [2.75, 3.05) is 10.8 Å². The molecule has 0 saturated heterocycles. The molecule has 39 heavy (non-hydrogen) atoms. The minimum Gasteiger partial charge on any atom is -0.350 e. The highest BCUT2D eigenvalue weighted by molar-refractivity contribution is 9.10. The van der Waals surface area contributed by atoms with Gasteiger partial charge in [0.1, 0.15) is 12.6 Å². The summed E-state index contributed by atoms with van der Waals surface area (Å²) in [4.78, 5) is 28.4. The van der Waals surface area contributed by atoms with Crippen LogP contribution in [-0.4, -0.2) is 43.3 Å². The summed E-state index contributed by atoms with van der Waals surface area (Å²) < 4.78 is 29.4. The van der Waals surface area contributed by atoms with Crippen molar-refractivity contribution in [3.8, 4) is 0 Å². The first kappa shape index (κ1) is 30.9. The number of hydrogen-bond donors (Lipinski definition) is 1. The predicted octanol–water partition coefficient (Wildman–Crippen LogP) is 6.28. The van der Waals surface area contributed by atoms with Gasteiger partial charge in [-0.3, -0.25) is 13.9 Å². The number of halogens is 3. The summed E-state index contributed by atoms with van der Waals surface area (Å²) in [6.45, 7) is 6.68. The van der Waals surface area contributed by atoms with Gasteiger partial charge in [0.15, 0.2) is 0 Å². The average molecular weight is 655 g/mol. The minimum absolute atomic E-state index is 0.0447. The quantitative estimate of drug-likeness (QED) is 0.294. The number of nitrogens with one attached hydrogen (secondary N) is 1. The summed E-state index contributed by atoms with van der Waals surface area (Å²) in [6.07, 6.45) is 0. The van der Waals surface area contributed by atoms with Gasteiger partial charge < -0.3 is 10.2 Å². The Hall–Kier alpha value is -2.59. The molecule has 0 fully saturated rings. The van der Waals surface area contributed by atoms with Gasteiger partial charge in [-0.25, -0.2) is 8.42 Å². The number of carbonyl (C=O) groups is 2. The molecule has 0 aromatic heterocycles. The van der Waals surface area contributed by atoms with Gasteiger partial charge in [0, 0.05) is 26.6 Å². The lowest BCUT2D eigenvalue weighted by molar-refractivity contribution is -0.140. The van der Waals surface area contributed by atoms with Gasteiger partial charge in [0.05, 0.1) is 10.6 Å². The Morgan fingerprint density at radius 2 is 1.59 bits per heavy atom. The lowest BCUT2D eigenvalue weighted by Gasteiger charge is -2.33. The lowest BCUT2D eigenvalue weighted by Crippen LogP contribution is -2.54. The molecule has 0 spiro atoms. The maximum Gasteiger partial charge on any atom is 0.264 e. The zero-order valence-corrected chi connectivity index (χ0v) is 25.9. The van der Waals surface area contributed by atoms with Crippen molar-refractivity contribution in [3.05, 3.63) is 92.9 Å². The third kappa shape index (κ3) is 8.45. The van der Waals surface area contributed by atoms with Crippen molar-refractivity contribution in [1.29, 1.82) is 0 Å². The van der Waals surface area contributed by atoms with E-state index in [4.69, 9.17) is 23.2 Å². The van der Waals surface area contributed by atoms with Gasteiger partial charge >= 0.3 is 0 Å². The molecule has 0 aliphatic heterocycles. The molecule has 1 atom stereocenters. The van der Waals surface area contributed by atoms with E-state index in [2.05, 4.69) is 21.2 Å². The Morgan fingerprint density at radius 3 is 2.18 bits per heavy atom. The van der Waals surface area contributed by atoms with Gasteiger partial charge in [-0.2, -0.15) is 0 Å². The Kier molecular flexibility index (Phi) is 10.1. The highest BCUT2D eigenvalue weighted by Crippen LogP contribution is 2.27. The average Bonchev–Trinajstić information content (AvgIpc) is 2.84. The molecule has 0 bridgehead atoms. The maximum absolute atomic E-state index is 13.9. The summed E-state index contributed by atoms with van der Waals surface area (Å²) in [6, 6.07) is 18.4. The number of anilines is 1. The molecule has 11 heteroatoms. The van der Waals surface area contributed by atoms with E-state index < -0.39 is 34.1 Å². The van der Waals surface area contributed by atoms with Crippen LogP contribution in [0.15, 0.2) is 82.2 Å². The summed E-state index contributed by atoms with van der Waals surface area (Å²) >= 11 is 15.6. The number of amides is 2. The van der Waals surface area contributed by atoms with Gasteiger partial charge in [-0.05, 0) is 87.9 Å². The van der Waals surface area contributed by atoms with Gasteiger partial charge in [-0.15, -0.1) is 0 Å². The Balaban J connectivity index is 2.04. The van der Waals surface area contributed by atoms with Crippen LogP contribution in [0, 0.1) is 0 Å². The number of nitrogens with zero attached hydrogens (tertiary/aromatic N) is 2. The molecule has 0 aliphatic carbocycles. The van der Waals surface area contributed by atoms with E-state index in [1.54, 1.807) is 25.1 Å². The van der Waals surface area contributed by atoms with E-state index in [1.807, 2.05) is 45.0 Å². The standard InChI is InChI=1S/C28H30BrCl2N3O4S/c1-19(27(36)32-28(2,3)4)33(17-20-7-5-8-21(29)15-20)26(35)18-34(24-10-6-9-23(31)16-24)39(37,38)25-13-11-22(30)12-14-25/h5-16,19H,17-18H2,1-4H3,(H,32,36)/t19-/m1/s1. The molecule has 3 rings (SSSR count). The van der Waals surface area contributed by atoms with Crippen molar-refractivity contribution in [3.63, 3.8) is 0 Å². The molecule has 0 heterocycles. The third-order valence-corrected chi connectivity index (χ3v) is 8.45. The van der Waals surface area contributed by atoms with Gasteiger partial charge in [0.25, 0.3) is 10.0 Å². The normalized spacial score (nSPS) is 12.5. The predicted molar refractivity (Wildman–Crippen MR) is 159 cm³/mol. The molecule has 0 unspecified atom stereocenters. The van der Waals surface area contributed by atoms with Crippen LogP contribution in [0.2, 0.25) is 10.0 Å². The van der Waals surface area contributed by atoms with Crippen molar-refractivity contribution in [2.45, 2.75) is 50.7 Å². The molecule has 7 nitrogen and oxygen atoms in total. The molecule has 1 N–H and O–H groups in total. The van der Waals surface area contributed by atoms with E-state index in [0.717, 1.165) is 14.3 Å². The number of hydrogen-bond acceptors (Lipinski definition) is 4. The fraction of sp³-hybridized carbons (Fsp3) is 0.286. The van der Waals surface area contributed by atoms with Crippen LogP contribution < -0.4 is 9.62 Å². The molecule has 208 valence electrons. The smallest absolute Gasteiger partial charge is 0.264 e. The molecular weight excluding hydrogens is 625 g/mol. The van der Waals surface area contributed by atoms with Crippen molar-refractivity contribution in [2.24, 2.45) is 0 Å². The first-order chi connectivity index (χ1) is 18.2. The molecular formula is C28H30BrCl2N3O4S. The number of benzene rings is 3. The van der Waals surface area contributed by atoms with Crippen LogP contribution in [0.3, 0.4) is 0 Å². The highest BCUT2D eigenvalue weighted by Gasteiger charge is 2.33. The van der Waals surface area contributed by atoms with Crippen LogP contribution in [0.1, 0.15) is 33.3 Å². The van der Waals surface area contributed by atoms with Crippen LogP contribution in [0.4, 0.5) is 5.69 Å². The Labute approximate surface area is 248 Å². The zero-order chi connectivity index (χ0) is 29.0. The van der Waals surface area contributed by atoms with Crippen LogP contribution in [0.25, 0.3) is 0 Å². The first-order valence-corrected chi connectivity index (χ1v) is 15.1. The van der Waals surface area contributed by atoms with E-state index in [0.29, 0.717) is 10.0 Å². The second-order valence-electron chi connectivity index (χ2n) is 10.0. The van der Waals surface area contributed by atoms with Gasteiger partial charge in [-0.1, -0.05) is 57.3 Å². The van der Waals surface area contributed by atoms with Crippen LogP contribution >= 0.6 is 39.1 Å². The fourth-order valence-corrected chi connectivity index (χ4v) is 5.95. The summed E-state index contributed by atoms with van der Waals surface area (Å²) in [5.74, 6) is -0.926. The van der Waals surface area contributed by atoms with E-state index in [-0.39, 0.29) is 23.0 Å². The largest absolute Gasteiger partial charge is 0.350 e. The fourth-order valence-electron chi connectivity index (χ4n) is 3.78. The third-order valence-electron chi connectivity index (χ3n) is 5.68. The summed E-state index contributed by atoms with van der Waals surface area (Å²) in [7, 11) is -4.21. The molecule has 0 aliphatic rings. The van der Waals surface area contributed by atoms with Crippen molar-refractivity contribution < 1.29 is 18.0 Å². The molecule has 0 radical (unpaired) electrons. The highest BCUT2D eigenvalue weighted by atomic mass is 79.9. The second kappa shape index (κ2) is 12.7. The van der Waals surface area contributed by atoms with Gasteiger partial charge in [0.2, 0.25) is 11.8 Å². The SMILES string of the molecule is C[C@H](C(=O)NC(C)(C)C)N(Cc1cccc(Br)c1)C(=O)CN(c1cccc(Cl)c1)S(=O)(=O)c1ccc(Cl)cc1. The maximum atomic E-state index is 13.9. The number of carbonyl (C=O) groups excluding carboxylic acids is 2. The monoisotopic (exact) mass is 653 g/mol. The van der Waals surface area contributed by atoms with E-state index in [1.165, 1.54) is 35.2 Å². The molecule has 3 aromatic carbocycles. The topological polar surface area (TPSA) is 86.8 Å². The minimum atomic E-state index is -4.21. The van der Waals surface area contributed by atoms with Crippen molar-refractivity contribution in [1.82, 2.24) is 10.2 Å². The van der Waals surface area contributed by atoms with Crippen molar-refractivity contribution >= 4 is 66.7 Å². The summed E-state index contributed by atoms with van der Waals surface area (Å²) in [5, 5.41) is 3.58. The molecule has 3 aromatic rings. The number of rotatable bonds is 9. The van der Waals surface area contributed by atoms with Crippen LogP contribution in [0.5, 0.6) is 0 Å². The summed E-state index contributed by atoms with van der Waals surface area (Å²) in [5.41, 5.74) is 0.448.